The third-order valence-electron chi connectivity index (χ3n) is 4.22. The van der Waals surface area contributed by atoms with Gasteiger partial charge in [-0.05, 0) is 23.8 Å². The first kappa shape index (κ1) is 24.7. The summed E-state index contributed by atoms with van der Waals surface area (Å²) in [6.45, 7) is -0.651. The lowest BCUT2D eigenvalue weighted by molar-refractivity contribution is -0.0511. The molecular formula is C18H13ClF3NO8S2. The van der Waals surface area contributed by atoms with Crippen molar-refractivity contribution in [2.45, 2.75) is 16.9 Å². The van der Waals surface area contributed by atoms with Crippen LogP contribution in [0.3, 0.4) is 0 Å². The van der Waals surface area contributed by atoms with Crippen molar-refractivity contribution in [3.8, 4) is 0 Å². The van der Waals surface area contributed by atoms with Crippen LogP contribution in [0, 0.1) is 0 Å². The lowest BCUT2D eigenvalue weighted by Gasteiger charge is -2.32. The Labute approximate surface area is 191 Å². The molecule has 1 heterocycles. The first-order valence-corrected chi connectivity index (χ1v) is 11.9. The van der Waals surface area contributed by atoms with Crippen molar-refractivity contribution in [1.82, 2.24) is 4.31 Å². The van der Waals surface area contributed by atoms with Gasteiger partial charge in [-0.1, -0.05) is 41.9 Å². The molecule has 0 N–H and O–H groups in total. The highest BCUT2D eigenvalue weighted by atomic mass is 35.5. The molecule has 0 radical (unpaired) electrons. The number of alkyl halides is 3. The Balaban J connectivity index is 2.32. The van der Waals surface area contributed by atoms with E-state index in [2.05, 4.69) is 8.92 Å². The molecule has 178 valence electrons. The zero-order valence-electron chi connectivity index (χ0n) is 16.4. The lowest BCUT2D eigenvalue weighted by atomic mass is 10.2. The maximum absolute atomic E-state index is 13.3. The van der Waals surface area contributed by atoms with E-state index in [1.807, 2.05) is 0 Å². The number of methoxy groups -OCH3 is 1. The highest BCUT2D eigenvalue weighted by Crippen LogP contribution is 2.41. The fraction of sp³-hybridized carbons (Fsp3) is 0.167. The summed E-state index contributed by atoms with van der Waals surface area (Å²) in [6.07, 6.45) is -1.55. The third kappa shape index (κ3) is 4.72. The summed E-state index contributed by atoms with van der Waals surface area (Å²) in [5, 5.41) is 0.0781. The van der Waals surface area contributed by atoms with E-state index in [0.29, 0.717) is 4.31 Å². The number of carbonyl (C=O) groups excluding carboxylic acids is 1. The number of fused-ring (bicyclic) bond motifs is 1. The number of benzene rings is 2. The van der Waals surface area contributed by atoms with Crippen LogP contribution in [0.2, 0.25) is 5.02 Å². The molecule has 0 amide bonds. The van der Waals surface area contributed by atoms with Crippen molar-refractivity contribution >= 4 is 43.7 Å². The smallest absolute Gasteiger partial charge is 0.437 e. The van der Waals surface area contributed by atoms with Gasteiger partial charge in [0.05, 0.1) is 18.6 Å². The van der Waals surface area contributed by atoms with Crippen LogP contribution in [0.25, 0.3) is 5.76 Å². The molecule has 0 unspecified atom stereocenters. The number of hydrogen-bond acceptors (Lipinski definition) is 8. The van der Waals surface area contributed by atoms with Crippen LogP contribution in [0.5, 0.6) is 0 Å². The Hall–Kier alpha value is -2.97. The number of carbonyl (C=O) groups is 1. The van der Waals surface area contributed by atoms with Crippen LogP contribution in [0.4, 0.5) is 18.0 Å². The van der Waals surface area contributed by atoms with Gasteiger partial charge in [-0.25, -0.2) is 17.5 Å². The van der Waals surface area contributed by atoms with E-state index in [4.69, 9.17) is 16.3 Å². The van der Waals surface area contributed by atoms with Crippen molar-refractivity contribution in [3.05, 3.63) is 70.6 Å². The zero-order valence-corrected chi connectivity index (χ0v) is 18.8. The molecule has 2 aromatic rings. The molecule has 0 atom stereocenters. The Morgan fingerprint density at radius 3 is 2.30 bits per heavy atom. The van der Waals surface area contributed by atoms with E-state index in [-0.39, 0.29) is 10.6 Å². The summed E-state index contributed by atoms with van der Waals surface area (Å²) in [5.74, 6) is -2.34. The predicted octanol–water partition coefficient (Wildman–Crippen LogP) is 3.82. The Morgan fingerprint density at radius 2 is 1.70 bits per heavy atom. The van der Waals surface area contributed by atoms with Crippen LogP contribution in [-0.4, -0.2) is 39.9 Å². The molecule has 0 bridgehead atoms. The SMILES string of the molecule is COC(=O)OC1=C(OS(=O)(=O)C(F)(F)F)c2ccccc2S(=O)(=O)N1Cc1ccccc1Cl. The average Bonchev–Trinajstić information content (AvgIpc) is 2.74. The number of sulfonamides is 1. The van der Waals surface area contributed by atoms with Gasteiger partial charge in [0.15, 0.2) is 0 Å². The van der Waals surface area contributed by atoms with Gasteiger partial charge in [0.2, 0.25) is 5.76 Å². The number of nitrogens with zero attached hydrogens (tertiary/aromatic N) is 1. The number of halogens is 4. The topological polar surface area (TPSA) is 116 Å². The van der Waals surface area contributed by atoms with Crippen LogP contribution < -0.4 is 0 Å². The van der Waals surface area contributed by atoms with Crippen LogP contribution in [0.1, 0.15) is 11.1 Å². The summed E-state index contributed by atoms with van der Waals surface area (Å²) in [4.78, 5) is 11.2. The Bertz CT molecular complexity index is 1340. The van der Waals surface area contributed by atoms with Crippen molar-refractivity contribution in [2.24, 2.45) is 0 Å². The average molecular weight is 528 g/mol. The van der Waals surface area contributed by atoms with E-state index in [1.165, 1.54) is 36.4 Å². The van der Waals surface area contributed by atoms with Gasteiger partial charge in [0, 0.05) is 10.6 Å². The van der Waals surface area contributed by atoms with E-state index in [0.717, 1.165) is 19.2 Å². The molecule has 9 nitrogen and oxygen atoms in total. The second kappa shape index (κ2) is 8.76. The van der Waals surface area contributed by atoms with Crippen molar-refractivity contribution in [3.63, 3.8) is 0 Å². The van der Waals surface area contributed by atoms with Crippen LogP contribution in [0.15, 0.2) is 59.3 Å². The molecule has 0 aliphatic carbocycles. The minimum absolute atomic E-state index is 0.0781. The molecule has 0 aromatic heterocycles. The normalized spacial score (nSPS) is 15.6. The van der Waals surface area contributed by atoms with Gasteiger partial charge in [-0.15, -0.1) is 0 Å². The summed E-state index contributed by atoms with van der Waals surface area (Å²) < 4.78 is 103. The fourth-order valence-electron chi connectivity index (χ4n) is 2.73. The van der Waals surface area contributed by atoms with Gasteiger partial charge in [-0.2, -0.15) is 21.6 Å². The van der Waals surface area contributed by atoms with Gasteiger partial charge in [0.1, 0.15) is 0 Å². The standard InChI is InChI=1S/C18H13ClF3NO8S2/c1-29-17(24)30-16-15(31-33(27,28)18(20,21)22)12-7-3-5-9-14(12)32(25,26)23(16)10-11-6-2-4-8-13(11)19/h2-9H,10H2,1H3. The molecule has 3 rings (SSSR count). The molecule has 0 saturated carbocycles. The highest BCUT2D eigenvalue weighted by molar-refractivity contribution is 7.89. The molecule has 33 heavy (non-hydrogen) atoms. The summed E-state index contributed by atoms with van der Waals surface area (Å²) >= 11 is 6.07. The maximum Gasteiger partial charge on any atom is 0.534 e. The van der Waals surface area contributed by atoms with E-state index < -0.39 is 60.5 Å². The van der Waals surface area contributed by atoms with Gasteiger partial charge in [0.25, 0.3) is 15.9 Å². The maximum atomic E-state index is 13.3. The molecular weight excluding hydrogens is 515 g/mol. The number of hydrogen-bond donors (Lipinski definition) is 0. The van der Waals surface area contributed by atoms with Crippen molar-refractivity contribution < 1.29 is 48.5 Å². The quantitative estimate of drug-likeness (QED) is 0.327. The Morgan fingerprint density at radius 1 is 1.09 bits per heavy atom. The number of rotatable bonds is 5. The summed E-state index contributed by atoms with van der Waals surface area (Å²) in [5.41, 5.74) is -6.29. The molecule has 15 heteroatoms. The van der Waals surface area contributed by atoms with Crippen molar-refractivity contribution in [1.29, 1.82) is 0 Å². The summed E-state index contributed by atoms with van der Waals surface area (Å²) in [7, 11) is -10.0. The van der Waals surface area contributed by atoms with E-state index >= 15 is 0 Å². The molecule has 0 fully saturated rings. The van der Waals surface area contributed by atoms with Gasteiger partial charge < -0.3 is 13.7 Å². The molecule has 0 spiro atoms. The molecule has 2 aromatic carbocycles. The molecule has 1 aliphatic heterocycles. The van der Waals surface area contributed by atoms with Gasteiger partial charge >= 0.3 is 21.8 Å². The van der Waals surface area contributed by atoms with Gasteiger partial charge in [-0.3, -0.25) is 0 Å². The van der Waals surface area contributed by atoms with E-state index in [1.54, 1.807) is 0 Å². The largest absolute Gasteiger partial charge is 0.534 e. The van der Waals surface area contributed by atoms with E-state index in [9.17, 15) is 34.8 Å². The first-order valence-electron chi connectivity index (χ1n) is 8.66. The highest BCUT2D eigenvalue weighted by Gasteiger charge is 2.51. The molecule has 0 saturated heterocycles. The zero-order chi connectivity index (χ0) is 24.6. The Kier molecular flexibility index (Phi) is 6.55. The number of ether oxygens (including phenoxy) is 2. The minimum Gasteiger partial charge on any atom is -0.437 e. The lowest BCUT2D eigenvalue weighted by Crippen LogP contribution is -2.38. The fourth-order valence-corrected chi connectivity index (χ4v) is 4.97. The minimum atomic E-state index is -6.29. The van der Waals surface area contributed by atoms with Crippen LogP contribution >= 0.6 is 11.6 Å². The van der Waals surface area contributed by atoms with Crippen LogP contribution in [-0.2, 0) is 40.3 Å². The monoisotopic (exact) mass is 527 g/mol. The predicted molar refractivity (Wildman–Crippen MR) is 107 cm³/mol. The summed E-state index contributed by atoms with van der Waals surface area (Å²) in [6, 6.07) is 10.3. The first-order chi connectivity index (χ1) is 15.3. The third-order valence-corrected chi connectivity index (χ3v) is 7.32. The molecule has 1 aliphatic rings. The second-order valence-corrected chi connectivity index (χ2v) is 10.0. The second-order valence-electron chi connectivity index (χ2n) is 6.27. The van der Waals surface area contributed by atoms with Crippen molar-refractivity contribution in [2.75, 3.05) is 7.11 Å².